The van der Waals surface area contributed by atoms with Crippen LogP contribution in [0.1, 0.15) is 50.5 Å². The summed E-state index contributed by atoms with van der Waals surface area (Å²) in [5, 5.41) is 9.33. The van der Waals surface area contributed by atoms with Crippen LogP contribution < -0.4 is 0 Å². The first-order valence-electron chi connectivity index (χ1n) is 9.86. The van der Waals surface area contributed by atoms with E-state index in [1.165, 1.54) is 24.8 Å². The summed E-state index contributed by atoms with van der Waals surface area (Å²) in [6.07, 6.45) is 8.55. The number of benzene rings is 1. The zero-order chi connectivity index (χ0) is 18.7. The second-order valence-electron chi connectivity index (χ2n) is 6.49. The predicted molar refractivity (Wildman–Crippen MR) is 103 cm³/mol. The first kappa shape index (κ1) is 23.1. The first-order valence-corrected chi connectivity index (χ1v) is 9.86. The summed E-state index contributed by atoms with van der Waals surface area (Å²) >= 11 is 0. The van der Waals surface area contributed by atoms with E-state index in [9.17, 15) is 5.11 Å². The standard InChI is InChI=1S/C21H36O5/c1-23-15-9-4-2-3-5-10-16-24-21(18-22)19-26-25-17-11-14-20-12-7-6-8-13-20/h6-8,12-13,21-22H,2-5,9-11,14-19H2,1H3. The van der Waals surface area contributed by atoms with Gasteiger partial charge in [-0.05, 0) is 31.2 Å². The van der Waals surface area contributed by atoms with E-state index >= 15 is 0 Å². The summed E-state index contributed by atoms with van der Waals surface area (Å²) < 4.78 is 10.7. The molecule has 0 aromatic heterocycles. The highest BCUT2D eigenvalue weighted by molar-refractivity contribution is 5.14. The fraction of sp³-hybridized carbons (Fsp3) is 0.714. The highest BCUT2D eigenvalue weighted by atomic mass is 17.2. The van der Waals surface area contributed by atoms with Crippen LogP contribution in [0.2, 0.25) is 0 Å². The molecule has 0 amide bonds. The third-order valence-electron chi connectivity index (χ3n) is 4.17. The van der Waals surface area contributed by atoms with Gasteiger partial charge < -0.3 is 14.6 Å². The molecule has 0 saturated carbocycles. The molecule has 150 valence electrons. The van der Waals surface area contributed by atoms with E-state index in [2.05, 4.69) is 12.1 Å². The highest BCUT2D eigenvalue weighted by Crippen LogP contribution is 2.07. The largest absolute Gasteiger partial charge is 0.394 e. The lowest BCUT2D eigenvalue weighted by Crippen LogP contribution is -2.24. The van der Waals surface area contributed by atoms with Crippen molar-refractivity contribution in [3.63, 3.8) is 0 Å². The van der Waals surface area contributed by atoms with Crippen molar-refractivity contribution < 1.29 is 24.4 Å². The Labute approximate surface area is 158 Å². The number of hydrogen-bond donors (Lipinski definition) is 1. The number of hydrogen-bond acceptors (Lipinski definition) is 5. The topological polar surface area (TPSA) is 57.2 Å². The predicted octanol–water partition coefficient (Wildman–Crippen LogP) is 3.93. The molecule has 1 rings (SSSR count). The van der Waals surface area contributed by atoms with E-state index in [-0.39, 0.29) is 19.3 Å². The zero-order valence-corrected chi connectivity index (χ0v) is 16.2. The van der Waals surface area contributed by atoms with E-state index in [0.29, 0.717) is 13.2 Å². The van der Waals surface area contributed by atoms with Gasteiger partial charge in [-0.3, -0.25) is 0 Å². The van der Waals surface area contributed by atoms with Gasteiger partial charge in [-0.2, -0.15) is 0 Å². The monoisotopic (exact) mass is 368 g/mol. The Kier molecular flexibility index (Phi) is 15.5. The molecule has 0 saturated heterocycles. The maximum absolute atomic E-state index is 9.33. The van der Waals surface area contributed by atoms with Gasteiger partial charge in [0, 0.05) is 20.3 Å². The molecule has 0 aliphatic carbocycles. The normalized spacial score (nSPS) is 12.4. The van der Waals surface area contributed by atoms with Crippen LogP contribution in [0, 0.1) is 0 Å². The van der Waals surface area contributed by atoms with E-state index in [1.807, 2.05) is 18.2 Å². The zero-order valence-electron chi connectivity index (χ0n) is 16.2. The lowest BCUT2D eigenvalue weighted by molar-refractivity contribution is -0.309. The van der Waals surface area contributed by atoms with Gasteiger partial charge >= 0.3 is 0 Å². The molecule has 1 N–H and O–H groups in total. The van der Waals surface area contributed by atoms with Crippen molar-refractivity contribution in [3.05, 3.63) is 35.9 Å². The Bertz CT molecular complexity index is 399. The molecular weight excluding hydrogens is 332 g/mol. The molecule has 0 fully saturated rings. The molecule has 0 heterocycles. The molecule has 5 heteroatoms. The SMILES string of the molecule is COCCCCCCCCOC(CO)COOCCCc1ccccc1. The molecule has 1 unspecified atom stereocenters. The number of methoxy groups -OCH3 is 1. The maximum Gasteiger partial charge on any atom is 0.111 e. The summed E-state index contributed by atoms with van der Waals surface area (Å²) in [6.45, 7) is 2.26. The second kappa shape index (κ2) is 17.4. The molecule has 1 aromatic carbocycles. The first-order chi connectivity index (χ1) is 12.9. The second-order valence-corrected chi connectivity index (χ2v) is 6.49. The Balaban J connectivity index is 1.88. The smallest absolute Gasteiger partial charge is 0.111 e. The van der Waals surface area contributed by atoms with Gasteiger partial charge in [0.05, 0.1) is 13.2 Å². The number of ether oxygens (including phenoxy) is 2. The van der Waals surface area contributed by atoms with Crippen LogP contribution in [0.15, 0.2) is 30.3 Å². The van der Waals surface area contributed by atoms with Crippen LogP contribution in [-0.2, 0) is 25.7 Å². The van der Waals surface area contributed by atoms with Crippen LogP contribution in [0.3, 0.4) is 0 Å². The molecule has 26 heavy (non-hydrogen) atoms. The van der Waals surface area contributed by atoms with E-state index in [1.54, 1.807) is 7.11 Å². The minimum Gasteiger partial charge on any atom is -0.394 e. The Morgan fingerprint density at radius 1 is 0.808 bits per heavy atom. The molecule has 0 aliphatic rings. The molecule has 0 bridgehead atoms. The van der Waals surface area contributed by atoms with Crippen molar-refractivity contribution >= 4 is 0 Å². The average Bonchev–Trinajstić information content (AvgIpc) is 2.68. The summed E-state index contributed by atoms with van der Waals surface area (Å²) in [4.78, 5) is 10.3. The lowest BCUT2D eigenvalue weighted by Gasteiger charge is -2.15. The molecular formula is C21H36O5. The average molecular weight is 369 g/mol. The fourth-order valence-corrected chi connectivity index (χ4v) is 2.62. The van der Waals surface area contributed by atoms with Gasteiger partial charge in [0.2, 0.25) is 0 Å². The summed E-state index contributed by atoms with van der Waals surface area (Å²) in [5.74, 6) is 0. The number of aliphatic hydroxyl groups is 1. The minimum atomic E-state index is -0.314. The Hall–Kier alpha value is -0.980. The van der Waals surface area contributed by atoms with E-state index < -0.39 is 0 Å². The lowest BCUT2D eigenvalue weighted by atomic mass is 10.1. The van der Waals surface area contributed by atoms with Gasteiger partial charge in [-0.25, -0.2) is 9.78 Å². The van der Waals surface area contributed by atoms with Crippen molar-refractivity contribution in [3.8, 4) is 0 Å². The molecule has 0 radical (unpaired) electrons. The summed E-state index contributed by atoms with van der Waals surface area (Å²) in [5.41, 5.74) is 1.30. The Morgan fingerprint density at radius 3 is 2.19 bits per heavy atom. The number of rotatable bonds is 18. The van der Waals surface area contributed by atoms with Gasteiger partial charge in [0.1, 0.15) is 12.7 Å². The maximum atomic E-state index is 9.33. The quantitative estimate of drug-likeness (QED) is 0.242. The minimum absolute atomic E-state index is 0.0512. The van der Waals surface area contributed by atoms with Crippen molar-refractivity contribution in [2.24, 2.45) is 0 Å². The molecule has 0 aliphatic heterocycles. The van der Waals surface area contributed by atoms with Gasteiger partial charge in [-0.15, -0.1) is 0 Å². The van der Waals surface area contributed by atoms with Crippen molar-refractivity contribution in [1.29, 1.82) is 0 Å². The molecule has 5 nitrogen and oxygen atoms in total. The van der Waals surface area contributed by atoms with Crippen molar-refractivity contribution in [2.45, 2.75) is 57.5 Å². The van der Waals surface area contributed by atoms with Crippen LogP contribution in [0.5, 0.6) is 0 Å². The highest BCUT2D eigenvalue weighted by Gasteiger charge is 2.08. The number of aliphatic hydroxyl groups excluding tert-OH is 1. The van der Waals surface area contributed by atoms with E-state index in [4.69, 9.17) is 19.2 Å². The van der Waals surface area contributed by atoms with Crippen molar-refractivity contribution in [1.82, 2.24) is 0 Å². The Morgan fingerprint density at radius 2 is 1.50 bits per heavy atom. The third-order valence-corrected chi connectivity index (χ3v) is 4.17. The fourth-order valence-electron chi connectivity index (χ4n) is 2.62. The van der Waals surface area contributed by atoms with Crippen molar-refractivity contribution in [2.75, 3.05) is 40.1 Å². The molecule has 1 aromatic rings. The molecule has 1 atom stereocenters. The van der Waals surface area contributed by atoms with E-state index in [0.717, 1.165) is 38.7 Å². The number of unbranched alkanes of at least 4 members (excludes halogenated alkanes) is 5. The number of aryl methyl sites for hydroxylation is 1. The third kappa shape index (κ3) is 13.3. The summed E-state index contributed by atoms with van der Waals surface area (Å²) in [7, 11) is 1.74. The van der Waals surface area contributed by atoms with Crippen LogP contribution in [0.4, 0.5) is 0 Å². The van der Waals surface area contributed by atoms with Crippen LogP contribution in [-0.4, -0.2) is 51.4 Å². The van der Waals surface area contributed by atoms with Gasteiger partial charge in [0.25, 0.3) is 0 Å². The molecule has 0 spiro atoms. The van der Waals surface area contributed by atoms with Gasteiger partial charge in [0.15, 0.2) is 0 Å². The van der Waals surface area contributed by atoms with Crippen LogP contribution in [0.25, 0.3) is 0 Å². The summed E-state index contributed by atoms with van der Waals surface area (Å²) in [6, 6.07) is 10.3. The van der Waals surface area contributed by atoms with Gasteiger partial charge in [-0.1, -0.05) is 56.0 Å². The van der Waals surface area contributed by atoms with Crippen LogP contribution >= 0.6 is 0 Å².